The second kappa shape index (κ2) is 14.9. The van der Waals surface area contributed by atoms with Gasteiger partial charge in [0, 0.05) is 37.3 Å². The monoisotopic (exact) mass is 494 g/mol. The molecule has 1 atom stereocenters. The van der Waals surface area contributed by atoms with Gasteiger partial charge in [0.15, 0.2) is 0 Å². The van der Waals surface area contributed by atoms with Gasteiger partial charge < -0.3 is 21.1 Å². The molecule has 0 aliphatic carbocycles. The molecule has 2 aromatic carbocycles. The third kappa shape index (κ3) is 10.7. The molecular formula is C26H35N6O2P. The molecule has 0 aromatic heterocycles. The van der Waals surface area contributed by atoms with Crippen LogP contribution < -0.4 is 16.0 Å². The van der Waals surface area contributed by atoms with Crippen LogP contribution in [0.4, 0.5) is 16.2 Å². The van der Waals surface area contributed by atoms with Crippen molar-refractivity contribution >= 4 is 43.9 Å². The zero-order valence-electron chi connectivity index (χ0n) is 20.0. The number of amidine groups is 2. The lowest BCUT2D eigenvalue weighted by Crippen LogP contribution is -2.22. The number of hydrogen-bond acceptors (Lipinski definition) is 6. The predicted octanol–water partition coefficient (Wildman–Crippen LogP) is 5.79. The van der Waals surface area contributed by atoms with Crippen LogP contribution in [-0.2, 0) is 0 Å². The fourth-order valence-corrected chi connectivity index (χ4v) is 3.75. The highest BCUT2D eigenvalue weighted by Gasteiger charge is 2.11. The molecule has 9 heteroatoms. The van der Waals surface area contributed by atoms with Gasteiger partial charge in [0.05, 0.1) is 0 Å². The molecule has 35 heavy (non-hydrogen) atoms. The largest absolute Gasteiger partial charge is 0.508 e. The number of amides is 1. The molecule has 4 N–H and O–H groups in total. The lowest BCUT2D eigenvalue weighted by Gasteiger charge is -2.15. The van der Waals surface area contributed by atoms with Crippen molar-refractivity contribution in [3.63, 3.8) is 0 Å². The third-order valence-corrected chi connectivity index (χ3v) is 5.61. The van der Waals surface area contributed by atoms with E-state index >= 15 is 0 Å². The number of rotatable bonds is 10. The summed E-state index contributed by atoms with van der Waals surface area (Å²) in [5, 5.41) is 19.0. The molecular weight excluding hydrogens is 459 g/mol. The Balaban J connectivity index is 1.61. The fraction of sp³-hybridized carbons (Fsp3) is 0.385. The van der Waals surface area contributed by atoms with Crippen LogP contribution >= 0.6 is 9.24 Å². The third-order valence-electron chi connectivity index (χ3n) is 5.40. The Morgan fingerprint density at radius 2 is 1.60 bits per heavy atom. The number of hydrogen-bond donors (Lipinski definition) is 4. The van der Waals surface area contributed by atoms with Crippen LogP contribution in [0.1, 0.15) is 51.4 Å². The summed E-state index contributed by atoms with van der Waals surface area (Å²) in [4.78, 5) is 25.1. The summed E-state index contributed by atoms with van der Waals surface area (Å²) in [6.45, 7) is 1.48. The molecule has 1 unspecified atom stereocenters. The maximum absolute atomic E-state index is 10.9. The summed E-state index contributed by atoms with van der Waals surface area (Å²) in [7, 11) is 2.14. The number of carbonyl (C=O) groups excluding carboxylic acids is 1. The summed E-state index contributed by atoms with van der Waals surface area (Å²) in [5.74, 6) is 2.33. The lowest BCUT2D eigenvalue weighted by molar-refractivity contribution is 0.260. The molecule has 0 saturated carbocycles. The van der Waals surface area contributed by atoms with E-state index in [1.165, 1.54) is 0 Å². The molecule has 2 aromatic rings. The van der Waals surface area contributed by atoms with Crippen LogP contribution in [0.5, 0.6) is 5.75 Å². The van der Waals surface area contributed by atoms with Gasteiger partial charge in [0.2, 0.25) is 11.6 Å². The van der Waals surface area contributed by atoms with Crippen LogP contribution in [0, 0.1) is 0 Å². The maximum Gasteiger partial charge on any atom is 0.234 e. The van der Waals surface area contributed by atoms with Crippen LogP contribution in [0.15, 0.2) is 69.6 Å². The van der Waals surface area contributed by atoms with Crippen molar-refractivity contribution in [1.82, 2.24) is 5.32 Å². The number of unbranched alkanes of at least 4 members (excludes halogenated alkanes) is 4. The number of phenols is 1. The minimum atomic E-state index is -0.0489. The van der Waals surface area contributed by atoms with Crippen molar-refractivity contribution in [2.45, 2.75) is 51.4 Å². The number of nitrogens with one attached hydrogen (secondary N) is 3. The average Bonchev–Trinajstić information content (AvgIpc) is 2.83. The number of carbonyl (C=O) groups is 1. The highest BCUT2D eigenvalue weighted by Crippen LogP contribution is 2.16. The smallest absolute Gasteiger partial charge is 0.234 e. The van der Waals surface area contributed by atoms with E-state index < -0.39 is 0 Å². The number of benzene rings is 2. The van der Waals surface area contributed by atoms with Crippen LogP contribution in [-0.4, -0.2) is 41.5 Å². The second-order valence-corrected chi connectivity index (χ2v) is 8.89. The molecule has 1 amide bonds. The molecule has 0 saturated heterocycles. The summed E-state index contributed by atoms with van der Waals surface area (Å²) in [6.07, 6.45) is 7.84. The second-order valence-electron chi connectivity index (χ2n) is 8.37. The summed E-state index contributed by atoms with van der Waals surface area (Å²) in [6, 6.07) is 16.8. The van der Waals surface area contributed by atoms with Crippen LogP contribution in [0.25, 0.3) is 0 Å². The van der Waals surface area contributed by atoms with Gasteiger partial charge in [-0.05, 0) is 64.9 Å². The topological polar surface area (TPSA) is 110 Å². The van der Waals surface area contributed by atoms with Crippen LogP contribution in [0.3, 0.4) is 0 Å². The Labute approximate surface area is 209 Å². The molecule has 1 aliphatic rings. The predicted molar refractivity (Wildman–Crippen MR) is 149 cm³/mol. The quantitative estimate of drug-likeness (QED) is 0.190. The van der Waals surface area contributed by atoms with Crippen molar-refractivity contribution in [2.24, 2.45) is 15.0 Å². The minimum Gasteiger partial charge on any atom is -0.508 e. The van der Waals surface area contributed by atoms with Crippen molar-refractivity contribution in [2.75, 3.05) is 23.7 Å². The van der Waals surface area contributed by atoms with E-state index in [-0.39, 0.29) is 11.4 Å². The highest BCUT2D eigenvalue weighted by atomic mass is 31.0. The van der Waals surface area contributed by atoms with E-state index in [1.807, 2.05) is 30.3 Å². The first-order valence-corrected chi connectivity index (χ1v) is 12.8. The van der Waals surface area contributed by atoms with Gasteiger partial charge in [-0.3, -0.25) is 9.79 Å². The number of para-hydroxylation sites is 1. The van der Waals surface area contributed by atoms with Crippen molar-refractivity contribution < 1.29 is 9.90 Å². The zero-order valence-corrected chi connectivity index (χ0v) is 21.2. The number of aliphatic imine (C=N–C) groups is 3. The van der Waals surface area contributed by atoms with E-state index in [1.54, 1.807) is 24.3 Å². The van der Waals surface area contributed by atoms with Crippen molar-refractivity contribution in [1.29, 1.82) is 0 Å². The number of nitrogens with zero attached hydrogens (tertiary/aromatic N) is 3. The van der Waals surface area contributed by atoms with Gasteiger partial charge in [-0.2, -0.15) is 9.98 Å². The van der Waals surface area contributed by atoms with Gasteiger partial charge >= 0.3 is 0 Å². The van der Waals surface area contributed by atoms with Gasteiger partial charge in [-0.1, -0.05) is 37.5 Å². The number of aromatic hydroxyl groups is 1. The molecule has 0 bridgehead atoms. The van der Waals surface area contributed by atoms with Gasteiger partial charge in [-0.25, -0.2) is 0 Å². The first-order chi connectivity index (χ1) is 17.1. The Bertz CT molecular complexity index is 1020. The van der Waals surface area contributed by atoms with E-state index in [0.717, 1.165) is 87.5 Å². The Kier molecular flexibility index (Phi) is 11.2. The maximum atomic E-state index is 10.9. The molecule has 186 valence electrons. The molecule has 1 heterocycles. The Hall–Kier alpha value is -3.25. The van der Waals surface area contributed by atoms with Gasteiger partial charge in [0.25, 0.3) is 0 Å². The van der Waals surface area contributed by atoms with Gasteiger partial charge in [0.1, 0.15) is 17.4 Å². The van der Waals surface area contributed by atoms with Gasteiger partial charge in [-0.15, -0.1) is 0 Å². The molecule has 0 fully saturated rings. The molecule has 3 rings (SSSR count). The normalized spacial score (nSPS) is 14.9. The highest BCUT2D eigenvalue weighted by molar-refractivity contribution is 7.39. The summed E-state index contributed by atoms with van der Waals surface area (Å²) < 4.78 is 0. The molecule has 0 spiro atoms. The van der Waals surface area contributed by atoms with E-state index in [0.29, 0.717) is 5.96 Å². The molecule has 1 aliphatic heterocycles. The van der Waals surface area contributed by atoms with E-state index in [4.69, 9.17) is 15.0 Å². The number of anilines is 2. The first kappa shape index (κ1) is 26.4. The van der Waals surface area contributed by atoms with E-state index in [2.05, 4.69) is 25.2 Å². The molecule has 8 nitrogen and oxygen atoms in total. The Morgan fingerprint density at radius 3 is 2.37 bits per heavy atom. The number of guanidine groups is 1. The number of phenolic OH excluding ortho intramolecular Hbond substituents is 1. The minimum absolute atomic E-state index is 0.0489. The molecule has 0 radical (unpaired) electrons. The zero-order chi connectivity index (χ0) is 24.7. The average molecular weight is 495 g/mol. The Morgan fingerprint density at radius 1 is 0.886 bits per heavy atom. The SMILES string of the molecule is O=C(P)NCCCCCCCN=C1CCCC(Nc2ccccc2)=NC(Nc2ccc(O)cc2)=N1. The standard InChI is InChI=1S/C26H35N6O2P/c33-22-16-14-21(15-17-22)30-25-31-23(27-18-7-2-1-3-8-19-28-26(34)35)12-9-13-24(32-25)29-20-10-5-4-6-11-20/h4-6,10-11,14-17,33H,1-3,7-9,12-13,18-19,35H2,(H,28,34)(H2,27,29,30,31,32). The van der Waals surface area contributed by atoms with Crippen molar-refractivity contribution in [3.8, 4) is 5.75 Å². The fourth-order valence-electron chi connectivity index (χ4n) is 3.61. The summed E-state index contributed by atoms with van der Waals surface area (Å²) in [5.41, 5.74) is 1.73. The summed E-state index contributed by atoms with van der Waals surface area (Å²) >= 11 is 0. The van der Waals surface area contributed by atoms with E-state index in [9.17, 15) is 9.90 Å². The first-order valence-electron chi connectivity index (χ1n) is 12.2. The van der Waals surface area contributed by atoms with Crippen LogP contribution in [0.2, 0.25) is 0 Å². The lowest BCUT2D eigenvalue weighted by atomic mass is 10.1. The van der Waals surface area contributed by atoms with Crippen molar-refractivity contribution in [3.05, 3.63) is 54.6 Å².